The van der Waals surface area contributed by atoms with E-state index in [2.05, 4.69) is 17.2 Å². The number of nitrogens with one attached hydrogen (secondary N) is 1. The van der Waals surface area contributed by atoms with Crippen molar-refractivity contribution in [3.8, 4) is 0 Å². The quantitative estimate of drug-likeness (QED) is 0.635. The van der Waals surface area contributed by atoms with E-state index in [1.165, 1.54) is 7.11 Å². The average molecular weight is 261 g/mol. The Labute approximate surface area is 112 Å². The van der Waals surface area contributed by atoms with Gasteiger partial charge in [-0.05, 0) is 30.7 Å². The summed E-state index contributed by atoms with van der Waals surface area (Å²) in [7, 11) is 1.39. The van der Waals surface area contributed by atoms with E-state index < -0.39 is 0 Å². The van der Waals surface area contributed by atoms with Crippen molar-refractivity contribution in [3.63, 3.8) is 0 Å². The highest BCUT2D eigenvalue weighted by atomic mass is 16.5. The highest BCUT2D eigenvalue weighted by molar-refractivity contribution is 5.82. The fourth-order valence-corrected chi connectivity index (χ4v) is 2.06. The van der Waals surface area contributed by atoms with Crippen molar-refractivity contribution in [2.75, 3.05) is 13.7 Å². The van der Waals surface area contributed by atoms with Gasteiger partial charge in [0.15, 0.2) is 0 Å². The van der Waals surface area contributed by atoms with Gasteiger partial charge in [-0.3, -0.25) is 4.79 Å². The molecule has 0 saturated heterocycles. The van der Waals surface area contributed by atoms with E-state index in [9.17, 15) is 4.79 Å². The molecule has 0 bridgehead atoms. The summed E-state index contributed by atoms with van der Waals surface area (Å²) < 4.78 is 6.55. The number of hydrogen-bond donors (Lipinski definition) is 1. The lowest BCUT2D eigenvalue weighted by Gasteiger charge is -2.01. The predicted molar refractivity (Wildman–Crippen MR) is 73.7 cm³/mol. The molecule has 0 aliphatic carbocycles. The van der Waals surface area contributed by atoms with Gasteiger partial charge in [-0.1, -0.05) is 6.92 Å². The number of pyridine rings is 1. The number of carbonyl (C=O) groups excluding carboxylic acids is 1. The SMILES string of the molecule is CCCNCc1cn(CC(=O)OC)c2ncccc12. The van der Waals surface area contributed by atoms with E-state index in [0.717, 1.165) is 36.1 Å². The standard InChI is InChI=1S/C14H19N3O2/c1-3-6-15-8-11-9-17(10-13(18)19-2)14-12(11)5-4-7-16-14/h4-5,7,9,15H,3,6,8,10H2,1-2H3. The second-order valence-corrected chi connectivity index (χ2v) is 4.41. The first-order valence-corrected chi connectivity index (χ1v) is 6.46. The summed E-state index contributed by atoms with van der Waals surface area (Å²) in [6.45, 7) is 4.08. The maximum Gasteiger partial charge on any atom is 0.325 e. The zero-order valence-corrected chi connectivity index (χ0v) is 11.3. The summed E-state index contributed by atoms with van der Waals surface area (Å²) in [6.07, 6.45) is 4.80. The molecular weight excluding hydrogens is 242 g/mol. The Kier molecular flexibility index (Phi) is 4.52. The molecule has 0 spiro atoms. The van der Waals surface area contributed by atoms with Crippen LogP contribution in [0, 0.1) is 0 Å². The van der Waals surface area contributed by atoms with Gasteiger partial charge >= 0.3 is 5.97 Å². The Morgan fingerprint density at radius 2 is 2.37 bits per heavy atom. The van der Waals surface area contributed by atoms with Gasteiger partial charge in [-0.2, -0.15) is 0 Å². The molecule has 0 radical (unpaired) electrons. The number of methoxy groups -OCH3 is 1. The molecule has 0 aliphatic rings. The molecule has 0 saturated carbocycles. The summed E-state index contributed by atoms with van der Waals surface area (Å²) in [6, 6.07) is 3.94. The number of carbonyl (C=O) groups is 1. The third kappa shape index (κ3) is 3.12. The van der Waals surface area contributed by atoms with Crippen LogP contribution < -0.4 is 5.32 Å². The minimum Gasteiger partial charge on any atom is -0.468 e. The van der Waals surface area contributed by atoms with Crippen molar-refractivity contribution in [3.05, 3.63) is 30.1 Å². The molecule has 2 heterocycles. The Bertz CT molecular complexity index is 563. The van der Waals surface area contributed by atoms with Crippen LogP contribution in [0.1, 0.15) is 18.9 Å². The van der Waals surface area contributed by atoms with Crippen molar-refractivity contribution < 1.29 is 9.53 Å². The van der Waals surface area contributed by atoms with Crippen LogP contribution in [0.5, 0.6) is 0 Å². The monoisotopic (exact) mass is 261 g/mol. The number of nitrogens with zero attached hydrogens (tertiary/aromatic N) is 2. The summed E-state index contributed by atoms with van der Waals surface area (Å²) in [5, 5.41) is 4.45. The van der Waals surface area contributed by atoms with Crippen LogP contribution >= 0.6 is 0 Å². The smallest absolute Gasteiger partial charge is 0.325 e. The number of hydrogen-bond acceptors (Lipinski definition) is 4. The molecule has 5 heteroatoms. The van der Waals surface area contributed by atoms with Crippen molar-refractivity contribution in [2.45, 2.75) is 26.4 Å². The molecule has 0 aliphatic heterocycles. The molecule has 5 nitrogen and oxygen atoms in total. The maximum absolute atomic E-state index is 11.4. The molecule has 2 aromatic heterocycles. The normalized spacial score (nSPS) is 10.8. The molecule has 0 unspecified atom stereocenters. The van der Waals surface area contributed by atoms with Crippen LogP contribution in [0.3, 0.4) is 0 Å². The van der Waals surface area contributed by atoms with E-state index in [1.807, 2.05) is 22.9 Å². The largest absolute Gasteiger partial charge is 0.468 e. The number of esters is 1. The summed E-state index contributed by atoms with van der Waals surface area (Å²) in [4.78, 5) is 15.8. The van der Waals surface area contributed by atoms with E-state index in [0.29, 0.717) is 0 Å². The Hall–Kier alpha value is -1.88. The van der Waals surface area contributed by atoms with Gasteiger partial charge in [0.25, 0.3) is 0 Å². The third-order valence-electron chi connectivity index (χ3n) is 2.99. The zero-order valence-electron chi connectivity index (χ0n) is 11.3. The van der Waals surface area contributed by atoms with E-state index in [-0.39, 0.29) is 12.5 Å². The summed E-state index contributed by atoms with van der Waals surface area (Å²) in [5.74, 6) is -0.268. The number of ether oxygens (including phenoxy) is 1. The minimum atomic E-state index is -0.268. The molecule has 1 N–H and O–H groups in total. The number of rotatable bonds is 6. The topological polar surface area (TPSA) is 56.2 Å². The first kappa shape index (κ1) is 13.5. The van der Waals surface area contributed by atoms with Gasteiger partial charge in [0, 0.05) is 24.3 Å². The molecule has 2 rings (SSSR count). The summed E-state index contributed by atoms with van der Waals surface area (Å²) >= 11 is 0. The van der Waals surface area contributed by atoms with Crippen molar-refractivity contribution in [1.82, 2.24) is 14.9 Å². The average Bonchev–Trinajstić information content (AvgIpc) is 2.78. The Balaban J connectivity index is 2.28. The molecule has 0 atom stereocenters. The molecule has 102 valence electrons. The van der Waals surface area contributed by atoms with Crippen LogP contribution in [0.25, 0.3) is 11.0 Å². The van der Waals surface area contributed by atoms with Gasteiger partial charge in [-0.15, -0.1) is 0 Å². The van der Waals surface area contributed by atoms with E-state index in [4.69, 9.17) is 4.74 Å². The molecule has 0 fully saturated rings. The first-order valence-electron chi connectivity index (χ1n) is 6.46. The minimum absolute atomic E-state index is 0.192. The lowest BCUT2D eigenvalue weighted by Crippen LogP contribution is -2.14. The van der Waals surface area contributed by atoms with E-state index in [1.54, 1.807) is 6.20 Å². The van der Waals surface area contributed by atoms with Crippen LogP contribution in [0.4, 0.5) is 0 Å². The second kappa shape index (κ2) is 6.33. The highest BCUT2D eigenvalue weighted by Gasteiger charge is 2.11. The van der Waals surface area contributed by atoms with Crippen molar-refractivity contribution in [1.29, 1.82) is 0 Å². The van der Waals surface area contributed by atoms with Gasteiger partial charge in [-0.25, -0.2) is 4.98 Å². The lowest BCUT2D eigenvalue weighted by atomic mass is 10.2. The molecular formula is C14H19N3O2. The first-order chi connectivity index (χ1) is 9.26. The molecule has 0 aromatic carbocycles. The van der Waals surface area contributed by atoms with Gasteiger partial charge in [0.1, 0.15) is 12.2 Å². The van der Waals surface area contributed by atoms with Crippen LogP contribution in [-0.2, 0) is 22.6 Å². The van der Waals surface area contributed by atoms with Crippen molar-refractivity contribution >= 4 is 17.0 Å². The predicted octanol–water partition coefficient (Wildman–Crippen LogP) is 1.71. The molecule has 19 heavy (non-hydrogen) atoms. The van der Waals surface area contributed by atoms with Gasteiger partial charge in [0.2, 0.25) is 0 Å². The molecule has 0 amide bonds. The Morgan fingerprint density at radius 3 is 3.11 bits per heavy atom. The van der Waals surface area contributed by atoms with Crippen LogP contribution in [0.15, 0.2) is 24.5 Å². The van der Waals surface area contributed by atoms with Gasteiger partial charge in [0.05, 0.1) is 7.11 Å². The number of aromatic nitrogens is 2. The molecule has 2 aromatic rings. The van der Waals surface area contributed by atoms with Gasteiger partial charge < -0.3 is 14.6 Å². The van der Waals surface area contributed by atoms with Crippen LogP contribution in [-0.4, -0.2) is 29.2 Å². The van der Waals surface area contributed by atoms with E-state index >= 15 is 0 Å². The third-order valence-corrected chi connectivity index (χ3v) is 2.99. The van der Waals surface area contributed by atoms with Crippen molar-refractivity contribution in [2.24, 2.45) is 0 Å². The van der Waals surface area contributed by atoms with Crippen LogP contribution in [0.2, 0.25) is 0 Å². The fraction of sp³-hybridized carbons (Fsp3) is 0.429. The summed E-state index contributed by atoms with van der Waals surface area (Å²) in [5.41, 5.74) is 1.97. The maximum atomic E-state index is 11.4. The zero-order chi connectivity index (χ0) is 13.7. The lowest BCUT2D eigenvalue weighted by molar-refractivity contribution is -0.141. The highest BCUT2D eigenvalue weighted by Crippen LogP contribution is 2.19. The Morgan fingerprint density at radius 1 is 1.53 bits per heavy atom. The fourth-order valence-electron chi connectivity index (χ4n) is 2.06. The number of fused-ring (bicyclic) bond motifs is 1. The second-order valence-electron chi connectivity index (χ2n) is 4.41.